The Hall–Kier alpha value is -2.78. The van der Waals surface area contributed by atoms with Gasteiger partial charge in [0.15, 0.2) is 0 Å². The van der Waals surface area contributed by atoms with Crippen LogP contribution in [0, 0.1) is 11.3 Å². The number of nitrogens with zero attached hydrogens (tertiary/aromatic N) is 1. The molecule has 7 heteroatoms. The quantitative estimate of drug-likeness (QED) is 0.288. The van der Waals surface area contributed by atoms with Crippen molar-refractivity contribution in [3.63, 3.8) is 0 Å². The van der Waals surface area contributed by atoms with Gasteiger partial charge in [-0.25, -0.2) is 4.79 Å². The maximum absolute atomic E-state index is 11.0. The summed E-state index contributed by atoms with van der Waals surface area (Å²) in [4.78, 5) is 11.0. The fourth-order valence-electron chi connectivity index (χ4n) is 2.68. The molecule has 0 unspecified atom stereocenters. The predicted octanol–water partition coefficient (Wildman–Crippen LogP) is 7.10. The number of ether oxygens (including phenoxy) is 1. The summed E-state index contributed by atoms with van der Waals surface area (Å²) in [5.41, 5.74) is 2.70. The van der Waals surface area contributed by atoms with Gasteiger partial charge in [-0.15, -0.1) is 0 Å². The van der Waals surface area contributed by atoms with E-state index in [1.54, 1.807) is 36.4 Å². The highest BCUT2D eigenvalue weighted by Gasteiger charge is 2.09. The molecule has 150 valence electrons. The van der Waals surface area contributed by atoms with E-state index in [9.17, 15) is 10.1 Å². The number of rotatable bonds is 6. The minimum atomic E-state index is -1.02. The highest BCUT2D eigenvalue weighted by atomic mass is 79.9. The van der Waals surface area contributed by atoms with Gasteiger partial charge in [-0.3, -0.25) is 0 Å². The van der Waals surface area contributed by atoms with Gasteiger partial charge in [-0.1, -0.05) is 57.3 Å². The first kappa shape index (κ1) is 21.9. The second kappa shape index (κ2) is 9.82. The Balaban J connectivity index is 1.90. The van der Waals surface area contributed by atoms with Crippen LogP contribution in [0.25, 0.3) is 11.6 Å². The van der Waals surface area contributed by atoms with Crippen molar-refractivity contribution in [2.45, 2.75) is 6.61 Å². The number of benzene rings is 3. The summed E-state index contributed by atoms with van der Waals surface area (Å²) in [5, 5.41) is 19.6. The van der Waals surface area contributed by atoms with Crippen molar-refractivity contribution in [2.75, 3.05) is 0 Å². The maximum Gasteiger partial charge on any atom is 0.335 e. The van der Waals surface area contributed by atoms with Crippen LogP contribution >= 0.6 is 39.1 Å². The first-order valence-electron chi connectivity index (χ1n) is 8.69. The van der Waals surface area contributed by atoms with Crippen molar-refractivity contribution < 1.29 is 14.6 Å². The minimum Gasteiger partial charge on any atom is -0.488 e. The molecule has 0 heterocycles. The van der Waals surface area contributed by atoms with Crippen molar-refractivity contribution in [1.29, 1.82) is 5.26 Å². The Bertz CT molecular complexity index is 1170. The molecule has 0 aliphatic heterocycles. The number of carboxylic acids is 1. The summed E-state index contributed by atoms with van der Waals surface area (Å²) in [5.74, 6) is -0.437. The van der Waals surface area contributed by atoms with E-state index in [1.807, 2.05) is 18.2 Å². The lowest BCUT2D eigenvalue weighted by molar-refractivity contribution is 0.0697. The van der Waals surface area contributed by atoms with Crippen molar-refractivity contribution in [3.8, 4) is 11.8 Å². The van der Waals surface area contributed by atoms with Crippen LogP contribution in [0.1, 0.15) is 27.0 Å². The average Bonchev–Trinajstić information content (AvgIpc) is 2.74. The van der Waals surface area contributed by atoms with E-state index in [2.05, 4.69) is 22.0 Å². The van der Waals surface area contributed by atoms with Crippen LogP contribution in [0.5, 0.6) is 5.75 Å². The third-order valence-electron chi connectivity index (χ3n) is 4.21. The van der Waals surface area contributed by atoms with Crippen molar-refractivity contribution >= 4 is 56.8 Å². The molecule has 0 atom stereocenters. The monoisotopic (exact) mass is 501 g/mol. The van der Waals surface area contributed by atoms with Crippen LogP contribution in [0.2, 0.25) is 10.0 Å². The molecule has 3 rings (SSSR count). The molecule has 0 saturated carbocycles. The molecule has 0 aliphatic carbocycles. The maximum atomic E-state index is 11.0. The van der Waals surface area contributed by atoms with Crippen molar-refractivity contribution in [1.82, 2.24) is 0 Å². The predicted molar refractivity (Wildman–Crippen MR) is 122 cm³/mol. The van der Waals surface area contributed by atoms with Gasteiger partial charge in [-0.05, 0) is 59.7 Å². The lowest BCUT2D eigenvalue weighted by atomic mass is 10.0. The fraction of sp³-hybridized carbons (Fsp3) is 0.0435. The summed E-state index contributed by atoms with van der Waals surface area (Å²) in [7, 11) is 0. The number of halogens is 3. The van der Waals surface area contributed by atoms with Crippen LogP contribution < -0.4 is 4.74 Å². The van der Waals surface area contributed by atoms with Crippen molar-refractivity contribution in [2.24, 2.45) is 0 Å². The zero-order valence-electron chi connectivity index (χ0n) is 15.4. The standard InChI is InChI=1S/C23H14BrCl2NO3/c24-19-6-8-22(30-13-14-1-7-20(25)21(26)9-14)17(11-19)10-18(12-27)15-2-4-16(5-3-15)23(28)29/h1-11H,13H2,(H,28,29)/b18-10-. The number of aromatic carboxylic acids is 1. The van der Waals surface area contributed by atoms with E-state index in [0.717, 1.165) is 10.0 Å². The first-order chi connectivity index (χ1) is 14.4. The zero-order valence-corrected chi connectivity index (χ0v) is 18.5. The molecule has 0 aromatic heterocycles. The summed E-state index contributed by atoms with van der Waals surface area (Å²) in [6.45, 7) is 0.272. The van der Waals surface area contributed by atoms with Gasteiger partial charge in [0, 0.05) is 10.0 Å². The van der Waals surface area contributed by atoms with Gasteiger partial charge in [0.25, 0.3) is 0 Å². The van der Waals surface area contributed by atoms with E-state index in [0.29, 0.717) is 32.5 Å². The largest absolute Gasteiger partial charge is 0.488 e. The van der Waals surface area contributed by atoms with Crippen molar-refractivity contribution in [3.05, 3.63) is 97.4 Å². The zero-order chi connectivity index (χ0) is 21.7. The second-order valence-electron chi connectivity index (χ2n) is 6.27. The van der Waals surface area contributed by atoms with E-state index in [-0.39, 0.29) is 12.2 Å². The van der Waals surface area contributed by atoms with Crippen LogP contribution in [0.4, 0.5) is 0 Å². The summed E-state index contributed by atoms with van der Waals surface area (Å²) >= 11 is 15.4. The molecular weight excluding hydrogens is 489 g/mol. The van der Waals surface area contributed by atoms with Gasteiger partial charge in [0.2, 0.25) is 0 Å². The fourth-order valence-corrected chi connectivity index (χ4v) is 3.38. The average molecular weight is 503 g/mol. The van der Waals surface area contributed by atoms with Crippen LogP contribution in [0.15, 0.2) is 65.1 Å². The molecular formula is C23H14BrCl2NO3. The van der Waals surface area contributed by atoms with E-state index in [4.69, 9.17) is 33.0 Å². The number of carbonyl (C=O) groups is 1. The summed E-state index contributed by atoms with van der Waals surface area (Å²) in [6.07, 6.45) is 1.70. The van der Waals surface area contributed by atoms with E-state index >= 15 is 0 Å². The molecule has 3 aromatic carbocycles. The summed E-state index contributed by atoms with van der Waals surface area (Å²) in [6, 6.07) is 19.1. The number of hydrogen-bond acceptors (Lipinski definition) is 3. The third kappa shape index (κ3) is 5.43. The topological polar surface area (TPSA) is 70.3 Å². The molecule has 1 N–H and O–H groups in total. The van der Waals surface area contributed by atoms with Crippen LogP contribution in [0.3, 0.4) is 0 Å². The van der Waals surface area contributed by atoms with Crippen LogP contribution in [-0.2, 0) is 6.61 Å². The number of carboxylic acid groups (broad SMARTS) is 1. The van der Waals surface area contributed by atoms with Gasteiger partial charge in [0.1, 0.15) is 12.4 Å². The highest BCUT2D eigenvalue weighted by Crippen LogP contribution is 2.29. The first-order valence-corrected chi connectivity index (χ1v) is 10.2. The molecule has 0 amide bonds. The number of nitriles is 1. The Morgan fingerprint density at radius 2 is 1.73 bits per heavy atom. The Kier molecular flexibility index (Phi) is 7.17. The van der Waals surface area contributed by atoms with Gasteiger partial charge in [0.05, 0.1) is 27.3 Å². The lowest BCUT2D eigenvalue weighted by Crippen LogP contribution is -1.98. The van der Waals surface area contributed by atoms with Gasteiger partial charge >= 0.3 is 5.97 Å². The van der Waals surface area contributed by atoms with E-state index in [1.165, 1.54) is 12.1 Å². The SMILES string of the molecule is N#C/C(=C/c1cc(Br)ccc1OCc1ccc(Cl)c(Cl)c1)c1ccc(C(=O)O)cc1. The molecule has 3 aromatic rings. The Morgan fingerprint density at radius 1 is 1.03 bits per heavy atom. The van der Waals surface area contributed by atoms with Crippen LogP contribution in [-0.4, -0.2) is 11.1 Å². The molecule has 30 heavy (non-hydrogen) atoms. The third-order valence-corrected chi connectivity index (χ3v) is 5.45. The molecule has 0 spiro atoms. The molecule has 0 aliphatic rings. The highest BCUT2D eigenvalue weighted by molar-refractivity contribution is 9.10. The Labute approximate surface area is 192 Å². The van der Waals surface area contributed by atoms with Gasteiger partial charge < -0.3 is 9.84 Å². The molecule has 4 nitrogen and oxygen atoms in total. The molecule has 0 saturated heterocycles. The molecule has 0 bridgehead atoms. The summed E-state index contributed by atoms with van der Waals surface area (Å²) < 4.78 is 6.78. The Morgan fingerprint density at radius 3 is 2.37 bits per heavy atom. The van der Waals surface area contributed by atoms with E-state index < -0.39 is 5.97 Å². The molecule has 0 fully saturated rings. The number of allylic oxidation sites excluding steroid dienone is 1. The molecule has 0 radical (unpaired) electrons. The second-order valence-corrected chi connectivity index (χ2v) is 8.00. The normalized spacial score (nSPS) is 11.1. The lowest BCUT2D eigenvalue weighted by Gasteiger charge is -2.11. The smallest absolute Gasteiger partial charge is 0.335 e. The number of hydrogen-bond donors (Lipinski definition) is 1. The van der Waals surface area contributed by atoms with Gasteiger partial charge in [-0.2, -0.15) is 5.26 Å². The minimum absolute atomic E-state index is 0.157.